The molecule has 0 aromatic heterocycles. The number of rotatable bonds is 8. The number of hydrazine groups is 1. The van der Waals surface area contributed by atoms with Crippen LogP contribution in [0.5, 0.6) is 0 Å². The van der Waals surface area contributed by atoms with Crippen molar-refractivity contribution in [3.63, 3.8) is 0 Å². The van der Waals surface area contributed by atoms with Crippen molar-refractivity contribution < 1.29 is 14.6 Å². The lowest BCUT2D eigenvalue weighted by molar-refractivity contribution is -0.133. The Labute approximate surface area is 102 Å². The van der Waals surface area contributed by atoms with Crippen LogP contribution in [0.1, 0.15) is 19.8 Å². The highest BCUT2D eigenvalue weighted by molar-refractivity contribution is 5.88. The summed E-state index contributed by atoms with van der Waals surface area (Å²) in [6.45, 7) is 5.57. The molecule has 96 valence electrons. The van der Waals surface area contributed by atoms with Crippen LogP contribution in [-0.4, -0.2) is 29.9 Å². The molecule has 5 nitrogen and oxygen atoms in total. The standard InChI is InChI=1S/C12H20N2O3/c1-4-6-8-11(14(13)9-17-3)10(7-5-2)12(15)16/h4,6,8H,1,5,7,9,13H2,2-3H3,(H,15,16)/b8-6-,11-10+. The first kappa shape index (κ1) is 15.4. The van der Waals surface area contributed by atoms with Crippen LogP contribution in [0, 0.1) is 0 Å². The number of carbonyl (C=O) groups is 1. The lowest BCUT2D eigenvalue weighted by Crippen LogP contribution is -2.33. The molecule has 0 rings (SSSR count). The van der Waals surface area contributed by atoms with E-state index in [0.29, 0.717) is 12.1 Å². The number of nitrogens with zero attached hydrogens (tertiary/aromatic N) is 1. The van der Waals surface area contributed by atoms with E-state index >= 15 is 0 Å². The van der Waals surface area contributed by atoms with E-state index in [1.807, 2.05) is 6.92 Å². The smallest absolute Gasteiger partial charge is 0.333 e. The lowest BCUT2D eigenvalue weighted by Gasteiger charge is -2.20. The second-order valence-corrected chi connectivity index (χ2v) is 3.40. The first-order chi connectivity index (χ1) is 8.08. The fourth-order valence-corrected chi connectivity index (χ4v) is 1.33. The number of hydrogen-bond donors (Lipinski definition) is 2. The minimum Gasteiger partial charge on any atom is -0.478 e. The molecule has 0 saturated heterocycles. The van der Waals surface area contributed by atoms with E-state index < -0.39 is 5.97 Å². The van der Waals surface area contributed by atoms with E-state index in [9.17, 15) is 4.79 Å². The average molecular weight is 240 g/mol. The highest BCUT2D eigenvalue weighted by Gasteiger charge is 2.15. The summed E-state index contributed by atoms with van der Waals surface area (Å²) >= 11 is 0. The third-order valence-electron chi connectivity index (χ3n) is 2.04. The van der Waals surface area contributed by atoms with Gasteiger partial charge < -0.3 is 9.84 Å². The van der Waals surface area contributed by atoms with Gasteiger partial charge in [-0.1, -0.05) is 32.1 Å². The summed E-state index contributed by atoms with van der Waals surface area (Å²) in [7, 11) is 1.49. The van der Waals surface area contributed by atoms with Crippen molar-refractivity contribution in [3.8, 4) is 0 Å². The highest BCUT2D eigenvalue weighted by atomic mass is 16.5. The zero-order valence-electron chi connectivity index (χ0n) is 10.3. The van der Waals surface area contributed by atoms with Crippen molar-refractivity contribution in [2.45, 2.75) is 19.8 Å². The Bertz CT molecular complexity index is 322. The molecular formula is C12H20N2O3. The molecule has 0 aromatic carbocycles. The van der Waals surface area contributed by atoms with Gasteiger partial charge in [0.05, 0.1) is 11.3 Å². The molecular weight excluding hydrogens is 220 g/mol. The molecule has 0 unspecified atom stereocenters. The normalized spacial score (nSPS) is 12.4. The second-order valence-electron chi connectivity index (χ2n) is 3.40. The van der Waals surface area contributed by atoms with Gasteiger partial charge in [0.25, 0.3) is 0 Å². The zero-order chi connectivity index (χ0) is 13.3. The molecule has 0 atom stereocenters. The molecule has 0 radical (unpaired) electrons. The Kier molecular flexibility index (Phi) is 7.75. The van der Waals surface area contributed by atoms with Crippen molar-refractivity contribution in [1.29, 1.82) is 0 Å². The Balaban J connectivity index is 5.32. The van der Waals surface area contributed by atoms with Gasteiger partial charge in [0.15, 0.2) is 0 Å². The quantitative estimate of drug-likeness (QED) is 0.222. The molecule has 0 heterocycles. The van der Waals surface area contributed by atoms with Gasteiger partial charge >= 0.3 is 5.97 Å². The number of methoxy groups -OCH3 is 1. The maximum Gasteiger partial charge on any atom is 0.333 e. The Morgan fingerprint density at radius 1 is 1.59 bits per heavy atom. The second kappa shape index (κ2) is 8.55. The summed E-state index contributed by atoms with van der Waals surface area (Å²) in [5, 5.41) is 10.4. The van der Waals surface area contributed by atoms with Gasteiger partial charge in [-0.15, -0.1) is 0 Å². The SMILES string of the molecule is C=C/C=C\C(=C(\CCC)C(=O)O)N(N)COC. The van der Waals surface area contributed by atoms with Gasteiger partial charge in [-0.05, 0) is 12.5 Å². The molecule has 5 heteroatoms. The topological polar surface area (TPSA) is 75.8 Å². The minimum absolute atomic E-state index is 0.122. The highest BCUT2D eigenvalue weighted by Crippen LogP contribution is 2.15. The van der Waals surface area contributed by atoms with E-state index in [4.69, 9.17) is 15.7 Å². The first-order valence-electron chi connectivity index (χ1n) is 5.35. The van der Waals surface area contributed by atoms with Crippen LogP contribution in [0.2, 0.25) is 0 Å². The maximum absolute atomic E-state index is 11.2. The van der Waals surface area contributed by atoms with E-state index in [0.717, 1.165) is 6.42 Å². The van der Waals surface area contributed by atoms with Gasteiger partial charge in [0.1, 0.15) is 6.73 Å². The number of nitrogens with two attached hydrogens (primary N) is 1. The van der Waals surface area contributed by atoms with Gasteiger partial charge in [0, 0.05) is 7.11 Å². The number of ether oxygens (including phenoxy) is 1. The summed E-state index contributed by atoms with van der Waals surface area (Å²) in [4.78, 5) is 11.2. The molecule has 17 heavy (non-hydrogen) atoms. The summed E-state index contributed by atoms with van der Waals surface area (Å²) in [6.07, 6.45) is 6.00. The number of carboxylic acids is 1. The largest absolute Gasteiger partial charge is 0.478 e. The molecule has 0 aromatic rings. The van der Waals surface area contributed by atoms with Crippen LogP contribution >= 0.6 is 0 Å². The van der Waals surface area contributed by atoms with Gasteiger partial charge in [-0.2, -0.15) is 0 Å². The Morgan fingerprint density at radius 2 is 2.24 bits per heavy atom. The summed E-state index contributed by atoms with van der Waals surface area (Å²) < 4.78 is 4.89. The molecule has 0 amide bonds. The molecule has 0 fully saturated rings. The predicted molar refractivity (Wildman–Crippen MR) is 66.8 cm³/mol. The Morgan fingerprint density at radius 3 is 2.65 bits per heavy atom. The summed E-state index contributed by atoms with van der Waals surface area (Å²) in [6, 6.07) is 0. The Hall–Kier alpha value is -1.59. The average Bonchev–Trinajstić information content (AvgIpc) is 2.28. The fourth-order valence-electron chi connectivity index (χ4n) is 1.33. The zero-order valence-corrected chi connectivity index (χ0v) is 10.3. The molecule has 0 aliphatic carbocycles. The number of hydrogen-bond acceptors (Lipinski definition) is 4. The third-order valence-corrected chi connectivity index (χ3v) is 2.04. The minimum atomic E-state index is -0.970. The monoisotopic (exact) mass is 240 g/mol. The van der Waals surface area contributed by atoms with Crippen LogP contribution in [0.25, 0.3) is 0 Å². The van der Waals surface area contributed by atoms with E-state index in [1.165, 1.54) is 12.1 Å². The maximum atomic E-state index is 11.2. The number of aliphatic carboxylic acids is 1. The third kappa shape index (κ3) is 5.33. The van der Waals surface area contributed by atoms with Crippen molar-refractivity contribution in [2.24, 2.45) is 5.84 Å². The van der Waals surface area contributed by atoms with Crippen LogP contribution in [0.3, 0.4) is 0 Å². The molecule has 0 saturated carbocycles. The predicted octanol–water partition coefficient (Wildman–Crippen LogP) is 1.65. The van der Waals surface area contributed by atoms with E-state index in [1.54, 1.807) is 18.2 Å². The van der Waals surface area contributed by atoms with E-state index in [2.05, 4.69) is 6.58 Å². The van der Waals surface area contributed by atoms with Crippen molar-refractivity contribution in [3.05, 3.63) is 36.1 Å². The molecule has 0 bridgehead atoms. The van der Waals surface area contributed by atoms with Crippen molar-refractivity contribution >= 4 is 5.97 Å². The van der Waals surface area contributed by atoms with Crippen LogP contribution < -0.4 is 5.84 Å². The summed E-state index contributed by atoms with van der Waals surface area (Å²) in [5.74, 6) is 4.77. The molecule has 0 aliphatic heterocycles. The van der Waals surface area contributed by atoms with Crippen LogP contribution in [-0.2, 0) is 9.53 Å². The summed E-state index contributed by atoms with van der Waals surface area (Å²) in [5.41, 5.74) is 0.700. The molecule has 0 aliphatic rings. The van der Waals surface area contributed by atoms with Gasteiger partial charge in [-0.3, -0.25) is 5.01 Å². The lowest BCUT2D eigenvalue weighted by atomic mass is 10.1. The molecule has 0 spiro atoms. The van der Waals surface area contributed by atoms with E-state index in [-0.39, 0.29) is 12.3 Å². The van der Waals surface area contributed by atoms with Crippen LogP contribution in [0.4, 0.5) is 0 Å². The van der Waals surface area contributed by atoms with Crippen molar-refractivity contribution in [2.75, 3.05) is 13.8 Å². The van der Waals surface area contributed by atoms with Gasteiger partial charge in [0.2, 0.25) is 0 Å². The van der Waals surface area contributed by atoms with Gasteiger partial charge in [-0.25, -0.2) is 10.6 Å². The number of carboxylic acid groups (broad SMARTS) is 1. The van der Waals surface area contributed by atoms with Crippen LogP contribution in [0.15, 0.2) is 36.1 Å². The van der Waals surface area contributed by atoms with Crippen molar-refractivity contribution in [1.82, 2.24) is 5.01 Å². The number of allylic oxidation sites excluding steroid dienone is 3. The molecule has 3 N–H and O–H groups in total. The first-order valence-corrected chi connectivity index (χ1v) is 5.35. The fraction of sp³-hybridized carbons (Fsp3) is 0.417.